The summed E-state index contributed by atoms with van der Waals surface area (Å²) in [6, 6.07) is 10.6. The standard InChI is InChI=1S/C15H11BrN2O3S/c16-6-1-7-21-11-3-5-13-15(9-11)22-14-8-10(18(19)20)2-4-12(14)17-13/h1-6,8-9,17H,7H2/b6-1+. The van der Waals surface area contributed by atoms with E-state index in [1.54, 1.807) is 17.1 Å². The van der Waals surface area contributed by atoms with Gasteiger partial charge in [0.2, 0.25) is 0 Å². The van der Waals surface area contributed by atoms with Crippen molar-refractivity contribution < 1.29 is 9.66 Å². The van der Waals surface area contributed by atoms with Crippen LogP contribution in [0.15, 0.2) is 57.3 Å². The Bertz CT molecular complexity index is 764. The number of anilines is 2. The second kappa shape index (κ2) is 6.41. The maximum Gasteiger partial charge on any atom is 0.270 e. The lowest BCUT2D eigenvalue weighted by molar-refractivity contribution is -0.385. The number of non-ortho nitro benzene ring substituents is 1. The zero-order chi connectivity index (χ0) is 15.5. The Hall–Kier alpha value is -1.99. The van der Waals surface area contributed by atoms with Gasteiger partial charge in [0.15, 0.2) is 0 Å². The largest absolute Gasteiger partial charge is 0.489 e. The van der Waals surface area contributed by atoms with Gasteiger partial charge in [-0.25, -0.2) is 0 Å². The van der Waals surface area contributed by atoms with Gasteiger partial charge >= 0.3 is 0 Å². The van der Waals surface area contributed by atoms with Gasteiger partial charge in [-0.15, -0.1) is 0 Å². The van der Waals surface area contributed by atoms with Crippen molar-refractivity contribution in [2.24, 2.45) is 0 Å². The number of halogens is 1. The number of hydrogen-bond donors (Lipinski definition) is 1. The molecule has 0 radical (unpaired) electrons. The maximum absolute atomic E-state index is 10.9. The molecule has 5 nitrogen and oxygen atoms in total. The summed E-state index contributed by atoms with van der Waals surface area (Å²) in [5.41, 5.74) is 1.93. The van der Waals surface area contributed by atoms with Gasteiger partial charge in [-0.05, 0) is 35.3 Å². The summed E-state index contributed by atoms with van der Waals surface area (Å²) in [7, 11) is 0. The van der Waals surface area contributed by atoms with Gasteiger partial charge < -0.3 is 10.1 Å². The topological polar surface area (TPSA) is 64.4 Å². The van der Waals surface area contributed by atoms with Gasteiger partial charge in [0, 0.05) is 21.9 Å². The van der Waals surface area contributed by atoms with E-state index in [0.717, 1.165) is 26.9 Å². The van der Waals surface area contributed by atoms with Gasteiger partial charge in [0.1, 0.15) is 12.4 Å². The van der Waals surface area contributed by atoms with Crippen molar-refractivity contribution in [3.05, 3.63) is 57.6 Å². The lowest BCUT2D eigenvalue weighted by atomic mass is 10.2. The van der Waals surface area contributed by atoms with Crippen LogP contribution < -0.4 is 10.1 Å². The van der Waals surface area contributed by atoms with E-state index in [-0.39, 0.29) is 10.6 Å². The van der Waals surface area contributed by atoms with Crippen LogP contribution in [0, 0.1) is 10.1 Å². The molecular weight excluding hydrogens is 368 g/mol. The van der Waals surface area contributed by atoms with E-state index in [4.69, 9.17) is 4.74 Å². The average Bonchev–Trinajstić information content (AvgIpc) is 2.52. The Balaban J connectivity index is 1.86. The number of nitro groups is 1. The minimum absolute atomic E-state index is 0.0892. The van der Waals surface area contributed by atoms with Crippen LogP contribution in [0.4, 0.5) is 17.1 Å². The Morgan fingerprint density at radius 2 is 1.95 bits per heavy atom. The Labute approximate surface area is 139 Å². The molecule has 0 amide bonds. The van der Waals surface area contributed by atoms with Crippen molar-refractivity contribution in [1.29, 1.82) is 0 Å². The molecule has 0 unspecified atom stereocenters. The van der Waals surface area contributed by atoms with Crippen LogP contribution in [0.3, 0.4) is 0 Å². The van der Waals surface area contributed by atoms with E-state index in [1.807, 2.05) is 24.3 Å². The fraction of sp³-hybridized carbons (Fsp3) is 0.0667. The predicted octanol–water partition coefficient (Wildman–Crippen LogP) is 5.09. The monoisotopic (exact) mass is 378 g/mol. The molecule has 7 heteroatoms. The summed E-state index contributed by atoms with van der Waals surface area (Å²) in [5.74, 6) is 0.757. The lowest BCUT2D eigenvalue weighted by Gasteiger charge is -2.21. The molecule has 0 atom stereocenters. The summed E-state index contributed by atoms with van der Waals surface area (Å²) in [6.45, 7) is 0.476. The summed E-state index contributed by atoms with van der Waals surface area (Å²) in [4.78, 5) is 14.1. The van der Waals surface area contributed by atoms with E-state index in [9.17, 15) is 10.1 Å². The highest BCUT2D eigenvalue weighted by Crippen LogP contribution is 2.46. The summed E-state index contributed by atoms with van der Waals surface area (Å²) >= 11 is 4.68. The molecule has 0 aromatic heterocycles. The van der Waals surface area contributed by atoms with E-state index < -0.39 is 0 Å². The Kier molecular flexibility index (Phi) is 4.35. The molecule has 0 aliphatic carbocycles. The summed E-state index contributed by atoms with van der Waals surface area (Å²) < 4.78 is 5.60. The first-order valence-corrected chi connectivity index (χ1v) is 8.16. The first-order chi connectivity index (χ1) is 10.7. The molecule has 1 N–H and O–H groups in total. The predicted molar refractivity (Wildman–Crippen MR) is 90.5 cm³/mol. The third-order valence-corrected chi connectivity index (χ3v) is 4.54. The van der Waals surface area contributed by atoms with Crippen LogP contribution in [0.25, 0.3) is 0 Å². The van der Waals surface area contributed by atoms with Crippen molar-refractivity contribution in [3.8, 4) is 5.75 Å². The molecule has 1 heterocycles. The van der Waals surface area contributed by atoms with Crippen LogP contribution in [0.2, 0.25) is 0 Å². The van der Waals surface area contributed by atoms with Crippen molar-refractivity contribution in [1.82, 2.24) is 0 Å². The van der Waals surface area contributed by atoms with Crippen molar-refractivity contribution >= 4 is 44.8 Å². The number of benzene rings is 2. The first kappa shape index (κ1) is 14.9. The zero-order valence-corrected chi connectivity index (χ0v) is 13.7. The van der Waals surface area contributed by atoms with Gasteiger partial charge in [-0.3, -0.25) is 10.1 Å². The molecule has 0 bridgehead atoms. The highest BCUT2D eigenvalue weighted by atomic mass is 79.9. The van der Waals surface area contributed by atoms with E-state index in [1.165, 1.54) is 17.8 Å². The Morgan fingerprint density at radius 1 is 1.23 bits per heavy atom. The summed E-state index contributed by atoms with van der Waals surface area (Å²) in [6.07, 6.45) is 1.85. The van der Waals surface area contributed by atoms with Crippen LogP contribution in [-0.2, 0) is 0 Å². The molecule has 2 aromatic carbocycles. The van der Waals surface area contributed by atoms with Gasteiger partial charge in [-0.1, -0.05) is 27.7 Å². The number of hydrogen-bond acceptors (Lipinski definition) is 5. The molecule has 0 saturated heterocycles. The smallest absolute Gasteiger partial charge is 0.270 e. The molecule has 22 heavy (non-hydrogen) atoms. The fourth-order valence-electron chi connectivity index (χ4n) is 2.04. The molecule has 2 aromatic rings. The molecule has 0 saturated carbocycles. The van der Waals surface area contributed by atoms with Crippen LogP contribution >= 0.6 is 27.7 Å². The molecule has 0 spiro atoms. The number of rotatable bonds is 4. The molecule has 112 valence electrons. The van der Waals surface area contributed by atoms with E-state index in [0.29, 0.717) is 6.61 Å². The minimum Gasteiger partial charge on any atom is -0.489 e. The number of ether oxygens (including phenoxy) is 1. The van der Waals surface area contributed by atoms with Crippen LogP contribution in [0.5, 0.6) is 5.75 Å². The molecule has 0 fully saturated rings. The molecule has 1 aliphatic heterocycles. The quantitative estimate of drug-likeness (QED) is 0.505. The van der Waals surface area contributed by atoms with Crippen molar-refractivity contribution in [3.63, 3.8) is 0 Å². The lowest BCUT2D eigenvalue weighted by Crippen LogP contribution is -2.01. The number of nitro benzene ring substituents is 1. The van der Waals surface area contributed by atoms with Gasteiger partial charge in [0.25, 0.3) is 5.69 Å². The Morgan fingerprint density at radius 3 is 2.68 bits per heavy atom. The number of nitrogens with zero attached hydrogens (tertiary/aromatic N) is 1. The molecular formula is C15H11BrN2O3S. The highest BCUT2D eigenvalue weighted by Gasteiger charge is 2.19. The SMILES string of the molecule is O=[N+]([O-])c1ccc2c(c1)Sc1cc(OC/C=C/Br)ccc1N2. The molecule has 3 rings (SSSR count). The van der Waals surface area contributed by atoms with Gasteiger partial charge in [-0.2, -0.15) is 0 Å². The first-order valence-electron chi connectivity index (χ1n) is 6.43. The third-order valence-electron chi connectivity index (χ3n) is 3.05. The van der Waals surface area contributed by atoms with E-state index in [2.05, 4.69) is 21.2 Å². The number of fused-ring (bicyclic) bond motifs is 2. The van der Waals surface area contributed by atoms with E-state index >= 15 is 0 Å². The van der Waals surface area contributed by atoms with Crippen molar-refractivity contribution in [2.75, 3.05) is 11.9 Å². The maximum atomic E-state index is 10.9. The summed E-state index contributed by atoms with van der Waals surface area (Å²) in [5, 5.41) is 14.2. The second-order valence-electron chi connectivity index (χ2n) is 4.50. The van der Waals surface area contributed by atoms with Crippen LogP contribution in [0.1, 0.15) is 0 Å². The van der Waals surface area contributed by atoms with Crippen LogP contribution in [-0.4, -0.2) is 11.5 Å². The molecule has 1 aliphatic rings. The highest BCUT2D eigenvalue weighted by molar-refractivity contribution is 9.11. The zero-order valence-electron chi connectivity index (χ0n) is 11.3. The average molecular weight is 379 g/mol. The van der Waals surface area contributed by atoms with Crippen molar-refractivity contribution in [2.45, 2.75) is 9.79 Å². The normalized spacial score (nSPS) is 12.4. The number of nitrogens with one attached hydrogen (secondary N) is 1. The minimum atomic E-state index is -0.386. The second-order valence-corrected chi connectivity index (χ2v) is 6.11. The van der Waals surface area contributed by atoms with Gasteiger partial charge in [0.05, 0.1) is 16.3 Å². The third kappa shape index (κ3) is 3.10. The fourth-order valence-corrected chi connectivity index (χ4v) is 3.24.